The lowest BCUT2D eigenvalue weighted by Crippen LogP contribution is -2.20. The van der Waals surface area contributed by atoms with E-state index in [1.165, 1.54) is 0 Å². The fourth-order valence-electron chi connectivity index (χ4n) is 0.658. The maximum atomic E-state index is 11.1. The van der Waals surface area contributed by atoms with Crippen LogP contribution in [0.25, 0.3) is 0 Å². The number of halogens is 1. The topological polar surface area (TPSA) is 78.9 Å². The van der Waals surface area contributed by atoms with Crippen LogP contribution in [0.1, 0.15) is 0 Å². The maximum Gasteiger partial charge on any atom is 0.350 e. The van der Waals surface area contributed by atoms with Gasteiger partial charge < -0.3 is 14.2 Å². The summed E-state index contributed by atoms with van der Waals surface area (Å²) >= 11 is 5.45. The molecule has 0 aromatic heterocycles. The fourth-order valence-corrected chi connectivity index (χ4v) is 0.890. The summed E-state index contributed by atoms with van der Waals surface area (Å²) in [5.74, 6) is -3.17. The van der Waals surface area contributed by atoms with Gasteiger partial charge in [0.1, 0.15) is 5.03 Å². The van der Waals surface area contributed by atoms with Crippen molar-refractivity contribution in [1.82, 2.24) is 0 Å². The van der Waals surface area contributed by atoms with E-state index in [9.17, 15) is 14.4 Å². The predicted octanol–water partition coefficient (Wildman–Crippen LogP) is -0.00170. The Morgan fingerprint density at radius 3 is 1.40 bits per heavy atom. The summed E-state index contributed by atoms with van der Waals surface area (Å²) in [6, 6.07) is 0. The second-order valence-corrected chi connectivity index (χ2v) is 2.54. The summed E-state index contributed by atoms with van der Waals surface area (Å²) in [5, 5.41) is -0.684. The molecule has 0 rings (SSSR count). The van der Waals surface area contributed by atoms with Crippen molar-refractivity contribution in [2.24, 2.45) is 0 Å². The van der Waals surface area contributed by atoms with E-state index in [4.69, 9.17) is 11.6 Å². The first-order valence-electron chi connectivity index (χ1n) is 3.64. The van der Waals surface area contributed by atoms with Gasteiger partial charge in [0, 0.05) is 0 Å². The van der Waals surface area contributed by atoms with Crippen LogP contribution in [-0.2, 0) is 28.6 Å². The SMILES string of the molecule is COC(=O)C(Cl)=C(C(=O)OC)C(=O)OC. The summed E-state index contributed by atoms with van der Waals surface area (Å²) in [6.07, 6.45) is 0. The number of carbonyl (C=O) groups is 3. The van der Waals surface area contributed by atoms with E-state index in [1.807, 2.05) is 0 Å². The molecule has 0 aromatic carbocycles. The lowest BCUT2D eigenvalue weighted by molar-refractivity contribution is -0.145. The molecule has 0 saturated carbocycles. The average molecular weight is 237 g/mol. The van der Waals surface area contributed by atoms with E-state index >= 15 is 0 Å². The molecular formula is C8H9ClO6. The highest BCUT2D eigenvalue weighted by molar-refractivity contribution is 6.45. The maximum absolute atomic E-state index is 11.1. The Morgan fingerprint density at radius 2 is 1.13 bits per heavy atom. The highest BCUT2D eigenvalue weighted by atomic mass is 35.5. The minimum Gasteiger partial charge on any atom is -0.465 e. The van der Waals surface area contributed by atoms with Gasteiger partial charge >= 0.3 is 17.9 Å². The molecule has 0 aromatic rings. The van der Waals surface area contributed by atoms with E-state index in [-0.39, 0.29) is 0 Å². The van der Waals surface area contributed by atoms with Gasteiger partial charge in [0.15, 0.2) is 5.57 Å². The Hall–Kier alpha value is -1.56. The molecule has 0 fully saturated rings. The molecular weight excluding hydrogens is 228 g/mol. The highest BCUT2D eigenvalue weighted by Crippen LogP contribution is 2.14. The molecule has 0 unspecified atom stereocenters. The Kier molecular flexibility index (Phi) is 5.40. The Balaban J connectivity index is 5.34. The number of ether oxygens (including phenoxy) is 3. The monoisotopic (exact) mass is 236 g/mol. The van der Waals surface area contributed by atoms with Gasteiger partial charge in [-0.3, -0.25) is 0 Å². The molecule has 15 heavy (non-hydrogen) atoms. The largest absolute Gasteiger partial charge is 0.465 e. The van der Waals surface area contributed by atoms with Crippen molar-refractivity contribution >= 4 is 29.5 Å². The van der Waals surface area contributed by atoms with Crippen molar-refractivity contribution in [3.63, 3.8) is 0 Å². The second-order valence-electron chi connectivity index (χ2n) is 2.16. The molecule has 0 heterocycles. The van der Waals surface area contributed by atoms with E-state index in [0.717, 1.165) is 21.3 Å². The van der Waals surface area contributed by atoms with Crippen molar-refractivity contribution in [2.45, 2.75) is 0 Å². The molecule has 0 N–H and O–H groups in total. The van der Waals surface area contributed by atoms with Gasteiger partial charge in [-0.1, -0.05) is 11.6 Å². The number of methoxy groups -OCH3 is 3. The zero-order valence-corrected chi connectivity index (χ0v) is 9.08. The van der Waals surface area contributed by atoms with Gasteiger partial charge in [0.05, 0.1) is 21.3 Å². The van der Waals surface area contributed by atoms with Crippen LogP contribution in [0, 0.1) is 0 Å². The average Bonchev–Trinajstić information content (AvgIpc) is 2.27. The second kappa shape index (κ2) is 6.02. The Labute approximate surface area is 90.7 Å². The molecule has 0 spiro atoms. The molecule has 84 valence electrons. The third-order valence-corrected chi connectivity index (χ3v) is 1.71. The van der Waals surface area contributed by atoms with E-state index in [0.29, 0.717) is 0 Å². The van der Waals surface area contributed by atoms with Crippen molar-refractivity contribution in [2.75, 3.05) is 21.3 Å². The fraction of sp³-hybridized carbons (Fsp3) is 0.375. The number of esters is 3. The van der Waals surface area contributed by atoms with Gasteiger partial charge in [-0.05, 0) is 0 Å². The first-order chi connectivity index (χ1) is 6.99. The third-order valence-electron chi connectivity index (χ3n) is 1.36. The van der Waals surface area contributed by atoms with Gasteiger partial charge in [0.25, 0.3) is 0 Å². The summed E-state index contributed by atoms with van der Waals surface area (Å²) < 4.78 is 12.8. The number of hydrogen-bond acceptors (Lipinski definition) is 6. The summed E-state index contributed by atoms with van der Waals surface area (Å²) in [4.78, 5) is 33.2. The standard InChI is InChI=1S/C8H9ClO6/c1-13-6(10)4(7(11)14-2)5(9)8(12)15-3/h1-3H3. The normalized spacial score (nSPS) is 8.80. The smallest absolute Gasteiger partial charge is 0.350 e. The van der Waals surface area contributed by atoms with Gasteiger partial charge in [-0.15, -0.1) is 0 Å². The molecule has 0 amide bonds. The molecule has 6 nitrogen and oxygen atoms in total. The Bertz CT molecular complexity index is 301. The lowest BCUT2D eigenvalue weighted by Gasteiger charge is -2.05. The van der Waals surface area contributed by atoms with E-state index in [2.05, 4.69) is 14.2 Å². The molecule has 0 aliphatic rings. The van der Waals surface area contributed by atoms with Gasteiger partial charge in [-0.25, -0.2) is 14.4 Å². The van der Waals surface area contributed by atoms with Crippen LogP contribution in [0.5, 0.6) is 0 Å². The quantitative estimate of drug-likeness (QED) is 0.226. The zero-order chi connectivity index (χ0) is 12.0. The van der Waals surface area contributed by atoms with Crippen molar-refractivity contribution in [3.05, 3.63) is 10.6 Å². The van der Waals surface area contributed by atoms with Crippen LogP contribution >= 0.6 is 11.6 Å². The molecule has 0 bridgehead atoms. The number of hydrogen-bond donors (Lipinski definition) is 0. The van der Waals surface area contributed by atoms with E-state index < -0.39 is 28.5 Å². The van der Waals surface area contributed by atoms with Crippen molar-refractivity contribution in [1.29, 1.82) is 0 Å². The minimum atomic E-state index is -1.07. The molecule has 0 atom stereocenters. The summed E-state index contributed by atoms with van der Waals surface area (Å²) in [6.45, 7) is 0. The molecule has 0 saturated heterocycles. The van der Waals surface area contributed by atoms with Gasteiger partial charge in [-0.2, -0.15) is 0 Å². The van der Waals surface area contributed by atoms with Crippen LogP contribution < -0.4 is 0 Å². The number of carbonyl (C=O) groups excluding carboxylic acids is 3. The molecule has 0 aliphatic heterocycles. The molecule has 0 radical (unpaired) electrons. The van der Waals surface area contributed by atoms with Crippen molar-refractivity contribution < 1.29 is 28.6 Å². The van der Waals surface area contributed by atoms with Gasteiger partial charge in [0.2, 0.25) is 0 Å². The molecule has 7 heteroatoms. The highest BCUT2D eigenvalue weighted by Gasteiger charge is 2.28. The first kappa shape index (κ1) is 13.4. The zero-order valence-electron chi connectivity index (χ0n) is 8.33. The Morgan fingerprint density at radius 1 is 0.800 bits per heavy atom. The summed E-state index contributed by atoms with van der Waals surface area (Å²) in [5.41, 5.74) is -0.700. The third kappa shape index (κ3) is 3.25. The van der Waals surface area contributed by atoms with Crippen molar-refractivity contribution in [3.8, 4) is 0 Å². The van der Waals surface area contributed by atoms with Crippen LogP contribution in [0.2, 0.25) is 0 Å². The van der Waals surface area contributed by atoms with Crippen LogP contribution in [0.15, 0.2) is 10.6 Å². The first-order valence-corrected chi connectivity index (χ1v) is 4.02. The lowest BCUT2D eigenvalue weighted by atomic mass is 10.2. The van der Waals surface area contributed by atoms with E-state index in [1.54, 1.807) is 0 Å². The molecule has 0 aliphatic carbocycles. The van der Waals surface area contributed by atoms with Crippen LogP contribution in [0.3, 0.4) is 0 Å². The van der Waals surface area contributed by atoms with Crippen LogP contribution in [0.4, 0.5) is 0 Å². The number of rotatable bonds is 3. The summed E-state index contributed by atoms with van der Waals surface area (Å²) in [7, 11) is 3.12. The predicted molar refractivity (Wildman–Crippen MR) is 48.9 cm³/mol. The minimum absolute atomic E-state index is 0.684. The van der Waals surface area contributed by atoms with Crippen LogP contribution in [-0.4, -0.2) is 39.2 Å².